The summed E-state index contributed by atoms with van der Waals surface area (Å²) < 4.78 is 0. The Bertz CT molecular complexity index is 437. The molecule has 0 bridgehead atoms. The number of carbonyl (C=O) groups is 1. The lowest BCUT2D eigenvalue weighted by molar-refractivity contribution is 0.202. The number of amides is 2. The van der Waals surface area contributed by atoms with Gasteiger partial charge in [0.05, 0.1) is 10.0 Å². The second-order valence-corrected chi connectivity index (χ2v) is 5.09. The Morgan fingerprint density at radius 2 is 2.18 bits per heavy atom. The molecule has 2 amide bonds. The zero-order chi connectivity index (χ0) is 12.4. The maximum atomic E-state index is 11.2. The molecule has 2 rings (SSSR count). The van der Waals surface area contributed by atoms with Crippen molar-refractivity contribution in [2.24, 2.45) is 5.73 Å². The van der Waals surface area contributed by atoms with Gasteiger partial charge in [-0.05, 0) is 37.0 Å². The third-order valence-corrected chi connectivity index (χ3v) is 3.85. The summed E-state index contributed by atoms with van der Waals surface area (Å²) >= 11 is 11.8. The standard InChI is InChI=1S/C12H14Cl2N2O/c13-10-4-3-8(7-11(10)14)6-9-2-1-5-16(9)12(15)17/h3-4,7,9H,1-2,5-6H2,(H2,15,17)/t9-/m0/s1. The summed E-state index contributed by atoms with van der Waals surface area (Å²) in [7, 11) is 0. The molecule has 1 aliphatic rings. The van der Waals surface area contributed by atoms with E-state index >= 15 is 0 Å². The Morgan fingerprint density at radius 1 is 1.41 bits per heavy atom. The molecule has 0 unspecified atom stereocenters. The summed E-state index contributed by atoms with van der Waals surface area (Å²) in [5.41, 5.74) is 6.42. The zero-order valence-corrected chi connectivity index (χ0v) is 10.8. The molecule has 3 nitrogen and oxygen atoms in total. The fourth-order valence-electron chi connectivity index (χ4n) is 2.28. The number of nitrogens with two attached hydrogens (primary N) is 1. The first kappa shape index (κ1) is 12.5. The van der Waals surface area contributed by atoms with Gasteiger partial charge in [-0.25, -0.2) is 4.79 Å². The first-order valence-corrected chi connectivity index (χ1v) is 6.33. The first-order valence-electron chi connectivity index (χ1n) is 5.58. The van der Waals surface area contributed by atoms with Crippen LogP contribution in [0.4, 0.5) is 4.79 Å². The lowest BCUT2D eigenvalue weighted by Gasteiger charge is -2.22. The number of hydrogen-bond donors (Lipinski definition) is 1. The Kier molecular flexibility index (Phi) is 3.79. The van der Waals surface area contributed by atoms with Gasteiger partial charge < -0.3 is 10.6 Å². The van der Waals surface area contributed by atoms with Gasteiger partial charge in [-0.2, -0.15) is 0 Å². The van der Waals surface area contributed by atoms with Gasteiger partial charge in [-0.15, -0.1) is 0 Å². The highest BCUT2D eigenvalue weighted by molar-refractivity contribution is 6.42. The van der Waals surface area contributed by atoms with Crippen LogP contribution in [-0.2, 0) is 6.42 Å². The number of nitrogens with zero attached hydrogens (tertiary/aromatic N) is 1. The first-order chi connectivity index (χ1) is 8.08. The monoisotopic (exact) mass is 272 g/mol. The van der Waals surface area contributed by atoms with Crippen LogP contribution in [0, 0.1) is 0 Å². The fraction of sp³-hybridized carbons (Fsp3) is 0.417. The Labute approximate surface area is 110 Å². The van der Waals surface area contributed by atoms with Gasteiger partial charge in [0.15, 0.2) is 0 Å². The molecular weight excluding hydrogens is 259 g/mol. The molecule has 1 heterocycles. The third-order valence-electron chi connectivity index (χ3n) is 3.12. The number of rotatable bonds is 2. The van der Waals surface area contributed by atoms with Crippen molar-refractivity contribution in [1.82, 2.24) is 4.90 Å². The van der Waals surface area contributed by atoms with Crippen LogP contribution in [0.3, 0.4) is 0 Å². The van der Waals surface area contributed by atoms with Gasteiger partial charge in [0.1, 0.15) is 0 Å². The topological polar surface area (TPSA) is 46.3 Å². The summed E-state index contributed by atoms with van der Waals surface area (Å²) in [5.74, 6) is 0. The van der Waals surface area contributed by atoms with E-state index in [1.807, 2.05) is 12.1 Å². The van der Waals surface area contributed by atoms with Crippen LogP contribution in [0.15, 0.2) is 18.2 Å². The normalized spacial score (nSPS) is 19.6. The van der Waals surface area contributed by atoms with Crippen molar-refractivity contribution in [2.45, 2.75) is 25.3 Å². The average Bonchev–Trinajstić information content (AvgIpc) is 2.72. The Hall–Kier alpha value is -0.930. The van der Waals surface area contributed by atoms with Gasteiger partial charge in [-0.3, -0.25) is 0 Å². The molecule has 1 saturated heterocycles. The number of carbonyl (C=O) groups excluding carboxylic acids is 1. The SMILES string of the molecule is NC(=O)N1CCC[C@H]1Cc1ccc(Cl)c(Cl)c1. The van der Waals surface area contributed by atoms with Gasteiger partial charge in [0.25, 0.3) is 0 Å². The third kappa shape index (κ3) is 2.85. The number of benzene rings is 1. The van der Waals surface area contributed by atoms with Crippen molar-refractivity contribution >= 4 is 29.2 Å². The molecule has 1 aromatic carbocycles. The molecule has 1 atom stereocenters. The van der Waals surface area contributed by atoms with Crippen molar-refractivity contribution in [3.8, 4) is 0 Å². The van der Waals surface area contributed by atoms with E-state index in [-0.39, 0.29) is 12.1 Å². The molecule has 0 saturated carbocycles. The van der Waals surface area contributed by atoms with Crippen LogP contribution in [0.2, 0.25) is 10.0 Å². The smallest absolute Gasteiger partial charge is 0.315 e. The zero-order valence-electron chi connectivity index (χ0n) is 9.33. The number of primary amides is 1. The van der Waals surface area contributed by atoms with E-state index in [4.69, 9.17) is 28.9 Å². The molecule has 5 heteroatoms. The minimum Gasteiger partial charge on any atom is -0.351 e. The van der Waals surface area contributed by atoms with Crippen LogP contribution in [0.1, 0.15) is 18.4 Å². The van der Waals surface area contributed by atoms with E-state index in [9.17, 15) is 4.79 Å². The summed E-state index contributed by atoms with van der Waals surface area (Å²) in [5, 5.41) is 1.10. The van der Waals surface area contributed by atoms with Crippen LogP contribution < -0.4 is 5.73 Å². The minimum atomic E-state index is -0.340. The maximum Gasteiger partial charge on any atom is 0.315 e. The lowest BCUT2D eigenvalue weighted by atomic mass is 10.0. The average molecular weight is 273 g/mol. The second-order valence-electron chi connectivity index (χ2n) is 4.28. The highest BCUT2D eigenvalue weighted by Crippen LogP contribution is 2.26. The molecular formula is C12H14Cl2N2O. The number of likely N-dealkylation sites (tertiary alicyclic amines) is 1. The molecule has 17 heavy (non-hydrogen) atoms. The molecule has 0 radical (unpaired) electrons. The van der Waals surface area contributed by atoms with E-state index in [0.29, 0.717) is 10.0 Å². The maximum absolute atomic E-state index is 11.2. The van der Waals surface area contributed by atoms with Crippen LogP contribution in [0.25, 0.3) is 0 Å². The van der Waals surface area contributed by atoms with E-state index in [1.165, 1.54) is 0 Å². The van der Waals surface area contributed by atoms with Gasteiger partial charge in [-0.1, -0.05) is 29.3 Å². The van der Waals surface area contributed by atoms with Crippen LogP contribution in [-0.4, -0.2) is 23.5 Å². The Balaban J connectivity index is 2.09. The number of halogens is 2. The molecule has 0 aliphatic carbocycles. The molecule has 92 valence electrons. The van der Waals surface area contributed by atoms with Crippen molar-refractivity contribution in [1.29, 1.82) is 0 Å². The summed E-state index contributed by atoms with van der Waals surface area (Å²) in [6.07, 6.45) is 2.78. The predicted molar refractivity (Wildman–Crippen MR) is 69.5 cm³/mol. The van der Waals surface area contributed by atoms with E-state index in [1.54, 1.807) is 11.0 Å². The van der Waals surface area contributed by atoms with Crippen molar-refractivity contribution in [3.05, 3.63) is 33.8 Å². The summed E-state index contributed by atoms with van der Waals surface area (Å²) in [6, 6.07) is 5.41. The lowest BCUT2D eigenvalue weighted by Crippen LogP contribution is -2.40. The fourth-order valence-corrected chi connectivity index (χ4v) is 2.60. The highest BCUT2D eigenvalue weighted by atomic mass is 35.5. The highest BCUT2D eigenvalue weighted by Gasteiger charge is 2.27. The molecule has 0 spiro atoms. The summed E-state index contributed by atoms with van der Waals surface area (Å²) in [6.45, 7) is 0.751. The molecule has 1 fully saturated rings. The predicted octanol–water partition coefficient (Wildman–Crippen LogP) is 3.08. The van der Waals surface area contributed by atoms with Crippen LogP contribution >= 0.6 is 23.2 Å². The molecule has 1 aliphatic heterocycles. The van der Waals surface area contributed by atoms with Crippen molar-refractivity contribution < 1.29 is 4.79 Å². The van der Waals surface area contributed by atoms with E-state index in [2.05, 4.69) is 0 Å². The van der Waals surface area contributed by atoms with Crippen molar-refractivity contribution in [2.75, 3.05) is 6.54 Å². The molecule has 1 aromatic rings. The number of urea groups is 1. The molecule has 2 N–H and O–H groups in total. The number of hydrogen-bond acceptors (Lipinski definition) is 1. The van der Waals surface area contributed by atoms with Gasteiger partial charge >= 0.3 is 6.03 Å². The van der Waals surface area contributed by atoms with E-state index in [0.717, 1.165) is 31.4 Å². The minimum absolute atomic E-state index is 0.185. The van der Waals surface area contributed by atoms with Gasteiger partial charge in [0.2, 0.25) is 0 Å². The summed E-state index contributed by atoms with van der Waals surface area (Å²) in [4.78, 5) is 12.9. The second kappa shape index (κ2) is 5.15. The largest absolute Gasteiger partial charge is 0.351 e. The van der Waals surface area contributed by atoms with Gasteiger partial charge in [0, 0.05) is 12.6 Å². The van der Waals surface area contributed by atoms with Crippen LogP contribution in [0.5, 0.6) is 0 Å². The van der Waals surface area contributed by atoms with E-state index < -0.39 is 0 Å². The molecule has 0 aromatic heterocycles. The Morgan fingerprint density at radius 3 is 2.82 bits per heavy atom. The van der Waals surface area contributed by atoms with Crippen molar-refractivity contribution in [3.63, 3.8) is 0 Å². The quantitative estimate of drug-likeness (QED) is 0.884.